The molecule has 0 spiro atoms. The molecule has 2 rings (SSSR count). The summed E-state index contributed by atoms with van der Waals surface area (Å²) in [5.74, 6) is 0.989. The predicted molar refractivity (Wildman–Crippen MR) is 83.7 cm³/mol. The molecule has 0 bridgehead atoms. The summed E-state index contributed by atoms with van der Waals surface area (Å²) >= 11 is 6.77. The zero-order chi connectivity index (χ0) is 14.5. The van der Waals surface area contributed by atoms with E-state index < -0.39 is 0 Å². The number of halogens is 2. The Morgan fingerprint density at radius 3 is 2.65 bits per heavy atom. The Labute approximate surface area is 135 Å². The van der Waals surface area contributed by atoms with E-state index in [1.165, 1.54) is 0 Å². The molecule has 1 saturated heterocycles. The van der Waals surface area contributed by atoms with Gasteiger partial charge in [0.15, 0.2) is 6.61 Å². The fraction of sp³-hybridized carbons (Fsp3) is 0.500. The second-order valence-electron chi connectivity index (χ2n) is 4.87. The van der Waals surface area contributed by atoms with Crippen LogP contribution in [0, 0.1) is 5.92 Å². The minimum absolute atomic E-state index is 0.00351. The molecule has 1 aliphatic heterocycles. The maximum atomic E-state index is 12.1. The zero-order valence-corrected chi connectivity index (χ0v) is 14.2. The van der Waals surface area contributed by atoms with Gasteiger partial charge in [-0.2, -0.15) is 0 Å². The van der Waals surface area contributed by atoms with Crippen molar-refractivity contribution < 1.29 is 14.6 Å². The van der Waals surface area contributed by atoms with Gasteiger partial charge in [-0.25, -0.2) is 0 Å². The Bertz CT molecular complexity index is 473. The van der Waals surface area contributed by atoms with Crippen molar-refractivity contribution in [2.24, 2.45) is 5.92 Å². The van der Waals surface area contributed by atoms with Crippen molar-refractivity contribution in [3.05, 3.63) is 27.1 Å². The largest absolute Gasteiger partial charge is 0.483 e. The third kappa shape index (κ3) is 4.20. The van der Waals surface area contributed by atoms with Crippen molar-refractivity contribution >= 4 is 37.8 Å². The second-order valence-corrected chi connectivity index (χ2v) is 6.64. The molecule has 0 atom stereocenters. The fourth-order valence-electron chi connectivity index (χ4n) is 2.19. The SMILES string of the molecule is O=C(COc1ccc(Br)cc1Br)N1CCC(CO)CC1. The highest BCUT2D eigenvalue weighted by molar-refractivity contribution is 9.11. The summed E-state index contributed by atoms with van der Waals surface area (Å²) in [4.78, 5) is 13.9. The van der Waals surface area contributed by atoms with Gasteiger partial charge >= 0.3 is 0 Å². The molecule has 1 aromatic carbocycles. The van der Waals surface area contributed by atoms with Crippen LogP contribution in [0.15, 0.2) is 27.1 Å². The number of likely N-dealkylation sites (tertiary alicyclic amines) is 1. The van der Waals surface area contributed by atoms with Crippen molar-refractivity contribution in [3.63, 3.8) is 0 Å². The molecular weight excluding hydrogens is 390 g/mol. The molecule has 6 heteroatoms. The minimum atomic E-state index is -0.00351. The van der Waals surface area contributed by atoms with Crippen LogP contribution in [0.4, 0.5) is 0 Å². The molecule has 1 N–H and O–H groups in total. The number of ether oxygens (including phenoxy) is 1. The molecule has 0 radical (unpaired) electrons. The van der Waals surface area contributed by atoms with Gasteiger partial charge in [0, 0.05) is 24.2 Å². The van der Waals surface area contributed by atoms with E-state index in [-0.39, 0.29) is 19.1 Å². The maximum absolute atomic E-state index is 12.1. The minimum Gasteiger partial charge on any atom is -0.483 e. The molecule has 1 heterocycles. The third-order valence-electron chi connectivity index (χ3n) is 3.47. The molecule has 0 aromatic heterocycles. The number of carbonyl (C=O) groups is 1. The normalized spacial score (nSPS) is 16.2. The van der Waals surface area contributed by atoms with Crippen molar-refractivity contribution in [1.82, 2.24) is 4.90 Å². The third-order valence-corrected chi connectivity index (χ3v) is 4.58. The highest BCUT2D eigenvalue weighted by Crippen LogP contribution is 2.28. The first-order chi connectivity index (χ1) is 9.60. The van der Waals surface area contributed by atoms with Crippen LogP contribution in [0.25, 0.3) is 0 Å². The monoisotopic (exact) mass is 405 g/mol. The van der Waals surface area contributed by atoms with E-state index in [1.54, 1.807) is 4.90 Å². The summed E-state index contributed by atoms with van der Waals surface area (Å²) in [6, 6.07) is 5.57. The van der Waals surface area contributed by atoms with Gasteiger partial charge in [-0.3, -0.25) is 4.79 Å². The topological polar surface area (TPSA) is 49.8 Å². The zero-order valence-electron chi connectivity index (χ0n) is 11.0. The van der Waals surface area contributed by atoms with Crippen LogP contribution >= 0.6 is 31.9 Å². The number of rotatable bonds is 4. The van der Waals surface area contributed by atoms with Crippen LogP contribution in [0.1, 0.15) is 12.8 Å². The summed E-state index contributed by atoms with van der Waals surface area (Å²) < 4.78 is 7.32. The lowest BCUT2D eigenvalue weighted by Gasteiger charge is -2.31. The van der Waals surface area contributed by atoms with Gasteiger partial charge in [-0.1, -0.05) is 15.9 Å². The van der Waals surface area contributed by atoms with Gasteiger partial charge in [0.1, 0.15) is 5.75 Å². The summed E-state index contributed by atoms with van der Waals surface area (Å²) in [5, 5.41) is 9.08. The average Bonchev–Trinajstić information content (AvgIpc) is 2.46. The van der Waals surface area contributed by atoms with Crippen molar-refractivity contribution in [2.45, 2.75) is 12.8 Å². The van der Waals surface area contributed by atoms with Crippen LogP contribution in [-0.4, -0.2) is 42.2 Å². The summed E-state index contributed by atoms with van der Waals surface area (Å²) in [7, 11) is 0. The number of hydrogen-bond donors (Lipinski definition) is 1. The van der Waals surface area contributed by atoms with Gasteiger partial charge in [0.05, 0.1) is 4.47 Å². The average molecular weight is 407 g/mol. The predicted octanol–water partition coefficient (Wildman–Crippen LogP) is 2.82. The van der Waals surface area contributed by atoms with Crippen LogP contribution in [0.3, 0.4) is 0 Å². The molecule has 0 saturated carbocycles. The van der Waals surface area contributed by atoms with E-state index in [2.05, 4.69) is 31.9 Å². The van der Waals surface area contributed by atoms with E-state index in [0.29, 0.717) is 24.8 Å². The molecule has 1 aliphatic rings. The first-order valence-electron chi connectivity index (χ1n) is 6.56. The number of aliphatic hydroxyl groups excluding tert-OH is 1. The summed E-state index contributed by atoms with van der Waals surface area (Å²) in [6.07, 6.45) is 1.73. The number of nitrogens with zero attached hydrogens (tertiary/aromatic N) is 1. The highest BCUT2D eigenvalue weighted by Gasteiger charge is 2.22. The molecule has 4 nitrogen and oxygen atoms in total. The number of amides is 1. The molecule has 1 amide bonds. The van der Waals surface area contributed by atoms with Crippen LogP contribution < -0.4 is 4.74 Å². The van der Waals surface area contributed by atoms with E-state index in [1.807, 2.05) is 18.2 Å². The highest BCUT2D eigenvalue weighted by atomic mass is 79.9. The smallest absolute Gasteiger partial charge is 0.260 e. The van der Waals surface area contributed by atoms with Gasteiger partial charge in [-0.05, 0) is 52.9 Å². The summed E-state index contributed by atoms with van der Waals surface area (Å²) in [5.41, 5.74) is 0. The first-order valence-corrected chi connectivity index (χ1v) is 8.15. The van der Waals surface area contributed by atoms with Gasteiger partial charge < -0.3 is 14.7 Å². The Morgan fingerprint density at radius 1 is 1.35 bits per heavy atom. The lowest BCUT2D eigenvalue weighted by molar-refractivity contribution is -0.135. The van der Waals surface area contributed by atoms with Gasteiger partial charge in [-0.15, -0.1) is 0 Å². The van der Waals surface area contributed by atoms with Crippen molar-refractivity contribution in [2.75, 3.05) is 26.3 Å². The number of aliphatic hydroxyl groups is 1. The molecule has 0 aliphatic carbocycles. The molecule has 0 unspecified atom stereocenters. The van der Waals surface area contributed by atoms with Crippen LogP contribution in [-0.2, 0) is 4.79 Å². The Kier molecular flexibility index (Phi) is 5.86. The van der Waals surface area contributed by atoms with E-state index in [9.17, 15) is 4.79 Å². The van der Waals surface area contributed by atoms with Gasteiger partial charge in [0.2, 0.25) is 0 Å². The van der Waals surface area contributed by atoms with Crippen molar-refractivity contribution in [3.8, 4) is 5.75 Å². The first kappa shape index (κ1) is 15.8. The number of hydrogen-bond acceptors (Lipinski definition) is 3. The van der Waals surface area contributed by atoms with Crippen molar-refractivity contribution in [1.29, 1.82) is 0 Å². The Hall–Kier alpha value is -0.590. The van der Waals surface area contributed by atoms with E-state index in [0.717, 1.165) is 21.8 Å². The maximum Gasteiger partial charge on any atom is 0.260 e. The number of benzene rings is 1. The molecular formula is C14H17Br2NO3. The van der Waals surface area contributed by atoms with E-state index in [4.69, 9.17) is 9.84 Å². The van der Waals surface area contributed by atoms with Crippen LogP contribution in [0.2, 0.25) is 0 Å². The van der Waals surface area contributed by atoms with Crippen LogP contribution in [0.5, 0.6) is 5.75 Å². The molecule has 20 heavy (non-hydrogen) atoms. The number of carbonyl (C=O) groups excluding carboxylic acids is 1. The molecule has 1 aromatic rings. The fourth-order valence-corrected chi connectivity index (χ4v) is 3.35. The standard InChI is InChI=1S/C14H17Br2NO3/c15-11-1-2-13(12(16)7-11)20-9-14(19)17-5-3-10(8-18)4-6-17/h1-2,7,10,18H,3-6,8-9H2. The number of piperidine rings is 1. The van der Waals surface area contributed by atoms with Gasteiger partial charge in [0.25, 0.3) is 5.91 Å². The molecule has 110 valence electrons. The lowest BCUT2D eigenvalue weighted by atomic mass is 9.98. The summed E-state index contributed by atoms with van der Waals surface area (Å²) in [6.45, 7) is 1.66. The quantitative estimate of drug-likeness (QED) is 0.836. The Balaban J connectivity index is 1.83. The molecule has 1 fully saturated rings. The lowest BCUT2D eigenvalue weighted by Crippen LogP contribution is -2.41. The second kappa shape index (κ2) is 7.43. The van der Waals surface area contributed by atoms with E-state index >= 15 is 0 Å². The Morgan fingerprint density at radius 2 is 2.05 bits per heavy atom.